The number of amides is 3. The number of hydrogen-bond acceptors (Lipinski definition) is 3. The van der Waals surface area contributed by atoms with Crippen molar-refractivity contribution < 1.29 is 14.3 Å². The summed E-state index contributed by atoms with van der Waals surface area (Å²) in [5.41, 5.74) is 5.78. The van der Waals surface area contributed by atoms with Crippen LogP contribution >= 0.6 is 0 Å². The van der Waals surface area contributed by atoms with Gasteiger partial charge >= 0.3 is 6.03 Å². The largest absolute Gasteiger partial charge is 0.377 e. The fourth-order valence-corrected chi connectivity index (χ4v) is 1.69. The van der Waals surface area contributed by atoms with Crippen LogP contribution < -0.4 is 16.4 Å². The Kier molecular flexibility index (Phi) is 3.78. The second-order valence-electron chi connectivity index (χ2n) is 4.10. The third-order valence-electron chi connectivity index (χ3n) is 2.67. The van der Waals surface area contributed by atoms with Crippen LogP contribution in [0.15, 0.2) is 30.3 Å². The number of primary amides is 1. The Balaban J connectivity index is 2.08. The highest BCUT2D eigenvalue weighted by Crippen LogP contribution is 2.13. The van der Waals surface area contributed by atoms with Gasteiger partial charge < -0.3 is 21.1 Å². The van der Waals surface area contributed by atoms with Gasteiger partial charge in [0.25, 0.3) is 0 Å². The van der Waals surface area contributed by atoms with Crippen molar-refractivity contribution in [3.63, 3.8) is 0 Å². The van der Waals surface area contributed by atoms with E-state index in [1.165, 1.54) is 0 Å². The molecule has 1 unspecified atom stereocenters. The molecule has 0 aliphatic carbocycles. The molecule has 0 saturated carbocycles. The van der Waals surface area contributed by atoms with Gasteiger partial charge in [-0.3, -0.25) is 4.79 Å². The minimum atomic E-state index is -0.774. The number of urea groups is 1. The van der Waals surface area contributed by atoms with Crippen LogP contribution in [0.1, 0.15) is 11.6 Å². The summed E-state index contributed by atoms with van der Waals surface area (Å²) in [5.74, 6) is -0.284. The first kappa shape index (κ1) is 12.4. The van der Waals surface area contributed by atoms with Crippen molar-refractivity contribution in [3.8, 4) is 0 Å². The zero-order valence-corrected chi connectivity index (χ0v) is 9.76. The van der Waals surface area contributed by atoms with Crippen LogP contribution in [0.5, 0.6) is 0 Å². The van der Waals surface area contributed by atoms with Gasteiger partial charge in [0.2, 0.25) is 5.91 Å². The smallest absolute Gasteiger partial charge is 0.313 e. The Labute approximate surface area is 104 Å². The quantitative estimate of drug-likeness (QED) is 0.696. The van der Waals surface area contributed by atoms with Gasteiger partial charge in [-0.15, -0.1) is 0 Å². The molecule has 1 atom stereocenters. The molecule has 0 aromatic heterocycles. The van der Waals surface area contributed by atoms with Gasteiger partial charge in [0, 0.05) is 0 Å². The molecule has 6 heteroatoms. The standard InChI is InChI=1S/C12H15N3O3/c13-12(17)15-10(8-4-2-1-3-5-8)11(16)14-9-6-18-7-9/h1-5,9-10H,6-7H2,(H,14,16)(H3,13,15,17). The lowest BCUT2D eigenvalue weighted by molar-refractivity contribution is -0.127. The molecule has 18 heavy (non-hydrogen) atoms. The Morgan fingerprint density at radius 3 is 2.44 bits per heavy atom. The topological polar surface area (TPSA) is 93.5 Å². The summed E-state index contributed by atoms with van der Waals surface area (Å²) in [7, 11) is 0. The summed E-state index contributed by atoms with van der Waals surface area (Å²) >= 11 is 0. The number of hydrogen-bond donors (Lipinski definition) is 3. The van der Waals surface area contributed by atoms with E-state index in [2.05, 4.69) is 10.6 Å². The predicted molar refractivity (Wildman–Crippen MR) is 64.7 cm³/mol. The van der Waals surface area contributed by atoms with Gasteiger partial charge in [-0.1, -0.05) is 30.3 Å². The Hall–Kier alpha value is -2.08. The fourth-order valence-electron chi connectivity index (χ4n) is 1.69. The van der Waals surface area contributed by atoms with Crippen LogP contribution in [0.4, 0.5) is 4.79 Å². The van der Waals surface area contributed by atoms with Crippen LogP contribution in [0, 0.1) is 0 Å². The van der Waals surface area contributed by atoms with Crippen molar-refractivity contribution in [2.75, 3.05) is 13.2 Å². The Bertz CT molecular complexity index is 431. The molecule has 0 spiro atoms. The minimum Gasteiger partial charge on any atom is -0.377 e. The summed E-state index contributed by atoms with van der Waals surface area (Å²) in [6.07, 6.45) is 0. The van der Waals surface area contributed by atoms with Crippen molar-refractivity contribution in [3.05, 3.63) is 35.9 Å². The second-order valence-corrected chi connectivity index (χ2v) is 4.10. The Morgan fingerprint density at radius 2 is 1.94 bits per heavy atom. The van der Waals surface area contributed by atoms with E-state index in [4.69, 9.17) is 10.5 Å². The normalized spacial score (nSPS) is 16.4. The molecule has 1 aliphatic heterocycles. The lowest BCUT2D eigenvalue weighted by atomic mass is 10.1. The molecule has 6 nitrogen and oxygen atoms in total. The highest BCUT2D eigenvalue weighted by Gasteiger charge is 2.27. The predicted octanol–water partition coefficient (Wildman–Crippen LogP) is -0.0890. The first-order valence-corrected chi connectivity index (χ1v) is 5.66. The van der Waals surface area contributed by atoms with E-state index in [0.717, 1.165) is 0 Å². The van der Waals surface area contributed by atoms with Crippen molar-refractivity contribution in [2.24, 2.45) is 5.73 Å². The highest BCUT2D eigenvalue weighted by molar-refractivity contribution is 5.87. The van der Waals surface area contributed by atoms with E-state index >= 15 is 0 Å². The van der Waals surface area contributed by atoms with E-state index < -0.39 is 12.1 Å². The average molecular weight is 249 g/mol. The van der Waals surface area contributed by atoms with Gasteiger partial charge in [-0.25, -0.2) is 4.79 Å². The van der Waals surface area contributed by atoms with Gasteiger partial charge in [-0.05, 0) is 5.56 Å². The molecule has 1 aromatic carbocycles. The molecule has 3 amide bonds. The number of nitrogens with two attached hydrogens (primary N) is 1. The average Bonchev–Trinajstić information content (AvgIpc) is 2.31. The number of carbonyl (C=O) groups is 2. The first-order chi connectivity index (χ1) is 8.66. The molecule has 1 heterocycles. The number of ether oxygens (including phenoxy) is 1. The fraction of sp³-hybridized carbons (Fsp3) is 0.333. The molecule has 1 fully saturated rings. The molecule has 0 radical (unpaired) electrons. The third-order valence-corrected chi connectivity index (χ3v) is 2.67. The van der Waals surface area contributed by atoms with E-state index in [1.807, 2.05) is 6.07 Å². The maximum Gasteiger partial charge on any atom is 0.313 e. The summed E-state index contributed by atoms with van der Waals surface area (Å²) in [6, 6.07) is 7.46. The SMILES string of the molecule is NC(=O)NC(C(=O)NC1COC1)c1ccccc1. The van der Waals surface area contributed by atoms with Crippen LogP contribution in [0.3, 0.4) is 0 Å². The highest BCUT2D eigenvalue weighted by atomic mass is 16.5. The molecule has 4 N–H and O–H groups in total. The van der Waals surface area contributed by atoms with E-state index in [9.17, 15) is 9.59 Å². The lowest BCUT2D eigenvalue weighted by Crippen LogP contribution is -2.52. The van der Waals surface area contributed by atoms with Crippen LogP contribution in [0.2, 0.25) is 0 Å². The van der Waals surface area contributed by atoms with Crippen LogP contribution in [-0.4, -0.2) is 31.2 Å². The van der Waals surface area contributed by atoms with Crippen molar-refractivity contribution in [1.29, 1.82) is 0 Å². The van der Waals surface area contributed by atoms with Crippen molar-refractivity contribution in [2.45, 2.75) is 12.1 Å². The Morgan fingerprint density at radius 1 is 1.28 bits per heavy atom. The first-order valence-electron chi connectivity index (χ1n) is 5.66. The summed E-state index contributed by atoms with van der Waals surface area (Å²) in [4.78, 5) is 23.0. The molecular weight excluding hydrogens is 234 g/mol. The van der Waals surface area contributed by atoms with Crippen molar-refractivity contribution in [1.82, 2.24) is 10.6 Å². The molecule has 2 rings (SSSR count). The molecule has 1 saturated heterocycles. The molecule has 96 valence electrons. The molecule has 1 aliphatic rings. The van der Waals surface area contributed by atoms with Gasteiger partial charge in [-0.2, -0.15) is 0 Å². The van der Waals surface area contributed by atoms with Crippen LogP contribution in [0.25, 0.3) is 0 Å². The lowest BCUT2D eigenvalue weighted by Gasteiger charge is -2.29. The van der Waals surface area contributed by atoms with Crippen LogP contribution in [-0.2, 0) is 9.53 Å². The summed E-state index contributed by atoms with van der Waals surface area (Å²) in [5, 5.41) is 5.22. The molecule has 1 aromatic rings. The van der Waals surface area contributed by atoms with E-state index in [-0.39, 0.29) is 11.9 Å². The van der Waals surface area contributed by atoms with Gasteiger partial charge in [0.05, 0.1) is 19.3 Å². The summed E-state index contributed by atoms with van der Waals surface area (Å²) < 4.78 is 4.98. The van der Waals surface area contributed by atoms with E-state index in [0.29, 0.717) is 18.8 Å². The maximum atomic E-state index is 12.0. The van der Waals surface area contributed by atoms with Gasteiger partial charge in [0.15, 0.2) is 0 Å². The van der Waals surface area contributed by atoms with Crippen molar-refractivity contribution >= 4 is 11.9 Å². The van der Waals surface area contributed by atoms with Gasteiger partial charge in [0.1, 0.15) is 6.04 Å². The summed E-state index contributed by atoms with van der Waals surface area (Å²) in [6.45, 7) is 1.01. The van der Waals surface area contributed by atoms with E-state index in [1.54, 1.807) is 24.3 Å². The zero-order chi connectivity index (χ0) is 13.0. The third kappa shape index (κ3) is 2.98. The number of carbonyl (C=O) groups excluding carboxylic acids is 2. The maximum absolute atomic E-state index is 12.0. The zero-order valence-electron chi connectivity index (χ0n) is 9.76. The number of benzene rings is 1. The molecular formula is C12H15N3O3. The minimum absolute atomic E-state index is 0.0124. The number of rotatable bonds is 4. The number of nitrogens with one attached hydrogen (secondary N) is 2. The molecule has 0 bridgehead atoms. The second kappa shape index (κ2) is 5.50. The monoisotopic (exact) mass is 249 g/mol.